The molecule has 1 aromatic heterocycles. The molecule has 81 heavy (non-hydrogen) atoms. The maximum atomic E-state index is 10.7. The van der Waals surface area contributed by atoms with Crippen LogP contribution < -0.4 is 9.80 Å². The van der Waals surface area contributed by atoms with Crippen LogP contribution in [0.4, 0.5) is 34.1 Å². The molecule has 0 amide bonds. The van der Waals surface area contributed by atoms with Crippen LogP contribution in [0.25, 0.3) is 66.4 Å². The first kappa shape index (κ1) is 45.3. The van der Waals surface area contributed by atoms with Crippen LogP contribution in [0.15, 0.2) is 211 Å². The van der Waals surface area contributed by atoms with E-state index in [1.807, 2.05) is 23.1 Å². The van der Waals surface area contributed by atoms with E-state index in [1.54, 1.807) is 0 Å². The van der Waals surface area contributed by atoms with Crippen LogP contribution in [0.2, 0.25) is 0 Å². The highest BCUT2D eigenvalue weighted by molar-refractivity contribution is 6.11. The van der Waals surface area contributed by atoms with Gasteiger partial charge in [-0.25, -0.2) is 0 Å². The molecule has 10 aromatic carbocycles. The number of hydrogen-bond acceptors (Lipinski definition) is 3. The molecule has 0 fully saturated rings. The summed E-state index contributed by atoms with van der Waals surface area (Å²) in [7, 11) is 0. The molecule has 0 N–H and O–H groups in total. The summed E-state index contributed by atoms with van der Waals surface area (Å²) >= 11 is 0. The Morgan fingerprint density at radius 3 is 1.25 bits per heavy atom. The van der Waals surface area contributed by atoms with Crippen molar-refractivity contribution in [2.45, 2.75) is 110 Å². The number of para-hydroxylation sites is 2. The molecule has 1 heterocycles. The minimum atomic E-state index is -0.372. The van der Waals surface area contributed by atoms with E-state index in [2.05, 4.69) is 252 Å². The average molecular weight is 1060 g/mol. The standard InChI is InChI=1S/C78H70N2O/c1-73(2)61-27-17-13-22-52(61)55-39-36-49(42-64(55)73)79(50-37-40-56-53-23-14-18-28-62(53)74(3,4)65(56)43-50)48-34-32-47(33-35-48)60-45-67-68(77(9,10)78(11,12)76(67,7)8)46-70(60)80(69-30-21-26-59-58-25-16-20-31-71(58)81-72(59)69)51-38-41-57-54-24-15-19-29-63(54)75(5,6)66(57)44-51/h13-46H,1-12H3/i32D,33D,34D,35D. The Labute approximate surface area is 484 Å². The van der Waals surface area contributed by atoms with E-state index in [9.17, 15) is 5.48 Å². The summed E-state index contributed by atoms with van der Waals surface area (Å²) in [5, 5.41) is 1.99. The molecule has 0 atom stereocenters. The highest BCUT2D eigenvalue weighted by Gasteiger charge is 2.57. The first-order chi connectivity index (χ1) is 40.4. The molecular weight excluding hydrogens is 981 g/mol. The topological polar surface area (TPSA) is 19.6 Å². The molecular formula is C78H70N2O. The molecule has 0 unspecified atom stereocenters. The van der Waals surface area contributed by atoms with E-state index in [-0.39, 0.29) is 67.9 Å². The smallest absolute Gasteiger partial charge is 0.159 e. The van der Waals surface area contributed by atoms with E-state index < -0.39 is 0 Å². The zero-order chi connectivity index (χ0) is 59.4. The second kappa shape index (κ2) is 16.6. The molecule has 15 rings (SSSR count). The van der Waals surface area contributed by atoms with Crippen molar-refractivity contribution < 1.29 is 9.90 Å². The van der Waals surface area contributed by atoms with Crippen LogP contribution in [0, 0.1) is 5.41 Å². The maximum Gasteiger partial charge on any atom is 0.159 e. The summed E-state index contributed by atoms with van der Waals surface area (Å²) in [4.78, 5) is 4.29. The number of hydrogen-bond donors (Lipinski definition) is 0. The second-order valence-electron chi connectivity index (χ2n) is 26.6. The molecule has 11 aromatic rings. The van der Waals surface area contributed by atoms with Gasteiger partial charge in [0.1, 0.15) is 5.58 Å². The van der Waals surface area contributed by atoms with Crippen molar-refractivity contribution >= 4 is 56.1 Å². The summed E-state index contributed by atoms with van der Waals surface area (Å²) in [6.07, 6.45) is 0. The van der Waals surface area contributed by atoms with Crippen molar-refractivity contribution in [3.8, 4) is 44.5 Å². The van der Waals surface area contributed by atoms with Crippen LogP contribution in [0.5, 0.6) is 0 Å². The highest BCUT2D eigenvalue weighted by atomic mass is 16.3. The molecule has 0 aliphatic heterocycles. The van der Waals surface area contributed by atoms with Crippen molar-refractivity contribution in [3.63, 3.8) is 0 Å². The quantitative estimate of drug-likeness (QED) is 0.159. The SMILES string of the molecule is [2H]c1c([2H])c(N(c2ccc3c(c2)C(C)(C)c2ccccc2-3)c2ccc3c(c2)C(C)(C)c2ccccc2-3)c([2H])c([2H])c1-c1cc2c(cc1N(c1ccc3c(c1)C(C)(C)c1ccccc1-3)c1cccc3c1oc1ccccc13)C(C)(C)C(C)(C)C2(C)C. The highest BCUT2D eigenvalue weighted by Crippen LogP contribution is 2.64. The van der Waals surface area contributed by atoms with Crippen molar-refractivity contribution in [2.24, 2.45) is 5.41 Å². The summed E-state index contributed by atoms with van der Waals surface area (Å²) in [6, 6.07) is 64.3. The fourth-order valence-electron chi connectivity index (χ4n) is 15.2. The summed E-state index contributed by atoms with van der Waals surface area (Å²) < 4.78 is 49.5. The number of furan rings is 1. The average Bonchev–Trinajstić information content (AvgIpc) is 1.65. The van der Waals surface area contributed by atoms with E-state index >= 15 is 0 Å². The van der Waals surface area contributed by atoms with Crippen molar-refractivity contribution in [1.82, 2.24) is 0 Å². The zero-order valence-corrected chi connectivity index (χ0v) is 48.6. The predicted molar refractivity (Wildman–Crippen MR) is 341 cm³/mol. The van der Waals surface area contributed by atoms with Crippen LogP contribution in [-0.4, -0.2) is 0 Å². The number of benzene rings is 10. The molecule has 4 aliphatic rings. The monoisotopic (exact) mass is 1050 g/mol. The van der Waals surface area contributed by atoms with Crippen LogP contribution in [-0.2, 0) is 27.1 Å². The van der Waals surface area contributed by atoms with Crippen LogP contribution in [0.1, 0.15) is 133 Å². The Hall–Kier alpha value is -8.40. The zero-order valence-electron chi connectivity index (χ0n) is 52.6. The van der Waals surface area contributed by atoms with Gasteiger partial charge in [-0.3, -0.25) is 0 Å². The lowest BCUT2D eigenvalue weighted by Gasteiger charge is -2.44. The first-order valence-electron chi connectivity index (χ1n) is 30.9. The summed E-state index contributed by atoms with van der Waals surface area (Å²) in [6.45, 7) is 27.7. The van der Waals surface area contributed by atoms with Gasteiger partial charge in [-0.05, 0) is 172 Å². The lowest BCUT2D eigenvalue weighted by atomic mass is 9.59. The van der Waals surface area contributed by atoms with Crippen molar-refractivity contribution in [3.05, 3.63) is 251 Å². The third-order valence-electron chi connectivity index (χ3n) is 21.1. The Morgan fingerprint density at radius 1 is 0.321 bits per heavy atom. The molecule has 0 bridgehead atoms. The first-order valence-corrected chi connectivity index (χ1v) is 28.9. The minimum Gasteiger partial charge on any atom is -0.454 e. The van der Waals surface area contributed by atoms with E-state index in [4.69, 9.17) is 4.42 Å². The van der Waals surface area contributed by atoms with Gasteiger partial charge in [0.25, 0.3) is 0 Å². The summed E-state index contributed by atoms with van der Waals surface area (Å²) in [5.74, 6) is 0. The fourth-order valence-corrected chi connectivity index (χ4v) is 15.2. The van der Waals surface area contributed by atoms with Gasteiger partial charge in [-0.15, -0.1) is 0 Å². The molecule has 0 radical (unpaired) electrons. The lowest BCUT2D eigenvalue weighted by molar-refractivity contribution is 0.125. The summed E-state index contributed by atoms with van der Waals surface area (Å²) in [5.41, 5.74) is 21.2. The molecule has 3 nitrogen and oxygen atoms in total. The number of anilines is 6. The number of nitrogens with zero attached hydrogens (tertiary/aromatic N) is 2. The van der Waals surface area contributed by atoms with E-state index in [0.717, 1.165) is 72.6 Å². The van der Waals surface area contributed by atoms with Gasteiger partial charge in [0.2, 0.25) is 0 Å². The molecule has 0 spiro atoms. The van der Waals surface area contributed by atoms with Crippen LogP contribution >= 0.6 is 0 Å². The normalized spacial score (nSPS) is 17.9. The van der Waals surface area contributed by atoms with E-state index in [1.165, 1.54) is 50.1 Å². The second-order valence-corrected chi connectivity index (χ2v) is 26.6. The maximum absolute atomic E-state index is 10.7. The lowest BCUT2D eigenvalue weighted by Crippen LogP contribution is -2.42. The Kier molecular flexibility index (Phi) is 9.30. The fraction of sp³-hybridized carbons (Fsp3) is 0.231. The molecule has 3 heteroatoms. The Bertz CT molecular complexity index is 4610. The van der Waals surface area contributed by atoms with Gasteiger partial charge in [-0.2, -0.15) is 0 Å². The number of rotatable bonds is 7. The predicted octanol–water partition coefficient (Wildman–Crippen LogP) is 21.7. The third kappa shape index (κ3) is 6.64. The Balaban J connectivity index is 1.01. The van der Waals surface area contributed by atoms with Gasteiger partial charge in [0.05, 0.1) is 16.9 Å². The van der Waals surface area contributed by atoms with Gasteiger partial charge < -0.3 is 14.2 Å². The minimum absolute atomic E-state index is 0.119. The Morgan fingerprint density at radius 2 is 0.741 bits per heavy atom. The van der Waals surface area contributed by atoms with Gasteiger partial charge >= 0.3 is 0 Å². The van der Waals surface area contributed by atoms with Crippen LogP contribution in [0.3, 0.4) is 0 Å². The van der Waals surface area contributed by atoms with Gasteiger partial charge in [0.15, 0.2) is 5.58 Å². The largest absolute Gasteiger partial charge is 0.454 e. The molecule has 398 valence electrons. The van der Waals surface area contributed by atoms with Gasteiger partial charge in [-0.1, -0.05) is 216 Å². The van der Waals surface area contributed by atoms with E-state index in [0.29, 0.717) is 11.1 Å². The molecule has 0 saturated carbocycles. The van der Waals surface area contributed by atoms with Gasteiger partial charge in [0, 0.05) is 55.3 Å². The third-order valence-corrected chi connectivity index (χ3v) is 21.1. The van der Waals surface area contributed by atoms with Crippen molar-refractivity contribution in [1.29, 1.82) is 0 Å². The van der Waals surface area contributed by atoms with Crippen molar-refractivity contribution in [2.75, 3.05) is 9.80 Å². The number of fused-ring (bicyclic) bond motifs is 13. The molecule has 0 saturated heterocycles. The molecule has 4 aliphatic carbocycles.